The first kappa shape index (κ1) is 9.61. The Kier molecular flexibility index (Phi) is 2.08. The summed E-state index contributed by atoms with van der Waals surface area (Å²) in [5, 5.41) is 4.16. The number of nitrogens with zero attached hydrogens (tertiary/aromatic N) is 3. The van der Waals surface area contributed by atoms with Gasteiger partial charge in [-0.2, -0.15) is 0 Å². The van der Waals surface area contributed by atoms with Gasteiger partial charge in [-0.15, -0.1) is 11.3 Å². The molecule has 0 amide bonds. The Morgan fingerprint density at radius 2 is 2.38 bits per heavy atom. The molecule has 0 aliphatic carbocycles. The van der Waals surface area contributed by atoms with Gasteiger partial charge < -0.3 is 4.42 Å². The maximum absolute atomic E-state index is 12.1. The number of rotatable bonds is 2. The molecule has 0 bridgehead atoms. The van der Waals surface area contributed by atoms with Gasteiger partial charge in [-0.05, 0) is 0 Å². The van der Waals surface area contributed by atoms with Gasteiger partial charge in [-0.25, -0.2) is 15.0 Å². The van der Waals surface area contributed by atoms with Gasteiger partial charge in [0.15, 0.2) is 10.8 Å². The third-order valence-corrected chi connectivity index (χ3v) is 4.51. The molecule has 1 radical (unpaired) electrons. The molecule has 0 aromatic carbocycles. The Hall–Kier alpha value is -1.60. The standard InChI is InChI=1S/C9H6N3O2S2/c13-16(4-2-10-6-16)9-12-5-7(14-9)8-11-1-3-15-8/h1-5,16H. The molecule has 0 saturated carbocycles. The molecular formula is C9H6N3O2S2. The van der Waals surface area contributed by atoms with E-state index in [2.05, 4.69) is 20.5 Å². The maximum Gasteiger partial charge on any atom is 0.272 e. The van der Waals surface area contributed by atoms with Crippen molar-refractivity contribution in [3.05, 3.63) is 29.4 Å². The second-order valence-corrected chi connectivity index (χ2v) is 6.12. The monoisotopic (exact) mass is 252 g/mol. The SMILES string of the molecule is O=[SH]1(c2ncc(-c3nccs3)o2)[C]=NC=C1. The summed E-state index contributed by atoms with van der Waals surface area (Å²) in [6, 6.07) is 0. The number of thiol groups is 1. The Morgan fingerprint density at radius 3 is 3.06 bits per heavy atom. The van der Waals surface area contributed by atoms with Crippen molar-refractivity contribution in [2.75, 3.05) is 0 Å². The van der Waals surface area contributed by atoms with Crippen molar-refractivity contribution in [2.24, 2.45) is 4.99 Å². The van der Waals surface area contributed by atoms with Crippen LogP contribution in [0.3, 0.4) is 0 Å². The Balaban J connectivity index is 2.04. The lowest BCUT2D eigenvalue weighted by Gasteiger charge is -2.03. The summed E-state index contributed by atoms with van der Waals surface area (Å²) < 4.78 is 17.5. The molecule has 0 atom stereocenters. The van der Waals surface area contributed by atoms with Crippen molar-refractivity contribution in [3.63, 3.8) is 0 Å². The molecule has 3 rings (SSSR count). The Morgan fingerprint density at radius 1 is 1.44 bits per heavy atom. The number of thiazole rings is 1. The number of hydrogen-bond donors (Lipinski definition) is 1. The average Bonchev–Trinajstić information content (AvgIpc) is 2.98. The lowest BCUT2D eigenvalue weighted by atomic mass is 10.5. The van der Waals surface area contributed by atoms with Crippen molar-refractivity contribution >= 4 is 26.8 Å². The third kappa shape index (κ3) is 1.44. The molecule has 0 saturated heterocycles. The van der Waals surface area contributed by atoms with Gasteiger partial charge >= 0.3 is 0 Å². The van der Waals surface area contributed by atoms with Crippen LogP contribution in [0.2, 0.25) is 0 Å². The number of oxazole rings is 1. The van der Waals surface area contributed by atoms with Crippen LogP contribution < -0.4 is 0 Å². The lowest BCUT2D eigenvalue weighted by molar-refractivity contribution is 0.456. The molecule has 2 aromatic rings. The fraction of sp³-hybridized carbons (Fsp3) is 0. The van der Waals surface area contributed by atoms with Crippen LogP contribution in [0.4, 0.5) is 0 Å². The molecule has 2 aromatic heterocycles. The van der Waals surface area contributed by atoms with Crippen molar-refractivity contribution in [2.45, 2.75) is 5.22 Å². The Bertz CT molecular complexity index is 596. The van der Waals surface area contributed by atoms with E-state index in [1.165, 1.54) is 29.1 Å². The van der Waals surface area contributed by atoms with E-state index in [4.69, 9.17) is 4.42 Å². The van der Waals surface area contributed by atoms with Gasteiger partial charge in [-0.1, -0.05) is 0 Å². The fourth-order valence-corrected chi connectivity index (χ4v) is 3.07. The fourth-order valence-electron chi connectivity index (χ4n) is 1.25. The van der Waals surface area contributed by atoms with Crippen LogP contribution in [0.1, 0.15) is 0 Å². The number of hydrogen-bond acceptors (Lipinski definition) is 6. The van der Waals surface area contributed by atoms with Crippen LogP contribution in [-0.4, -0.2) is 19.7 Å². The molecule has 3 heterocycles. The highest BCUT2D eigenvalue weighted by molar-refractivity contribution is 8.17. The summed E-state index contributed by atoms with van der Waals surface area (Å²) in [7, 11) is -2.90. The highest BCUT2D eigenvalue weighted by Gasteiger charge is 2.23. The number of aromatic nitrogens is 2. The van der Waals surface area contributed by atoms with E-state index in [1.54, 1.807) is 6.20 Å². The molecule has 16 heavy (non-hydrogen) atoms. The molecule has 5 nitrogen and oxygen atoms in total. The Labute approximate surface area is 96.0 Å². The maximum atomic E-state index is 12.1. The van der Waals surface area contributed by atoms with Gasteiger partial charge in [-0.3, -0.25) is 4.21 Å². The summed E-state index contributed by atoms with van der Waals surface area (Å²) in [5.41, 5.74) is 2.50. The van der Waals surface area contributed by atoms with Gasteiger partial charge in [0.25, 0.3) is 5.22 Å². The quantitative estimate of drug-likeness (QED) is 0.824. The van der Waals surface area contributed by atoms with E-state index in [1.807, 2.05) is 5.38 Å². The second kappa shape index (κ2) is 3.46. The molecule has 1 aliphatic rings. The van der Waals surface area contributed by atoms with E-state index >= 15 is 0 Å². The molecule has 0 unspecified atom stereocenters. The van der Waals surface area contributed by atoms with E-state index in [0.29, 0.717) is 10.8 Å². The zero-order valence-electron chi connectivity index (χ0n) is 7.90. The van der Waals surface area contributed by atoms with E-state index in [0.717, 1.165) is 0 Å². The van der Waals surface area contributed by atoms with Crippen LogP contribution in [0.5, 0.6) is 0 Å². The molecule has 0 spiro atoms. The van der Waals surface area contributed by atoms with Crippen LogP contribution in [-0.2, 0) is 9.93 Å². The van der Waals surface area contributed by atoms with Gasteiger partial charge in [0, 0.05) is 33.1 Å². The number of aliphatic imine (C=N–C) groups is 1. The summed E-state index contributed by atoms with van der Waals surface area (Å²) >= 11 is 1.43. The third-order valence-electron chi connectivity index (χ3n) is 1.98. The molecule has 7 heteroatoms. The minimum Gasteiger partial charge on any atom is -0.428 e. The lowest BCUT2D eigenvalue weighted by Crippen LogP contribution is -2.06. The highest BCUT2D eigenvalue weighted by Crippen LogP contribution is 2.28. The predicted molar refractivity (Wildman–Crippen MR) is 62.0 cm³/mol. The van der Waals surface area contributed by atoms with Gasteiger partial charge in [0.2, 0.25) is 0 Å². The largest absolute Gasteiger partial charge is 0.428 e. The molecular weight excluding hydrogens is 246 g/mol. The summed E-state index contributed by atoms with van der Waals surface area (Å²) in [5.74, 6) is 0.516. The smallest absolute Gasteiger partial charge is 0.272 e. The second-order valence-electron chi connectivity index (χ2n) is 3.03. The van der Waals surface area contributed by atoms with E-state index in [-0.39, 0.29) is 5.22 Å². The first-order valence-corrected chi connectivity index (χ1v) is 7.04. The first-order valence-electron chi connectivity index (χ1n) is 4.39. The summed E-state index contributed by atoms with van der Waals surface area (Å²) in [6.45, 7) is 0. The van der Waals surface area contributed by atoms with Crippen molar-refractivity contribution in [1.29, 1.82) is 0 Å². The zero-order chi connectivity index (χ0) is 11.0. The predicted octanol–water partition coefficient (Wildman–Crippen LogP) is 1.56. The van der Waals surface area contributed by atoms with Crippen molar-refractivity contribution in [1.82, 2.24) is 9.97 Å². The summed E-state index contributed by atoms with van der Waals surface area (Å²) in [4.78, 5) is 11.7. The molecule has 1 aliphatic heterocycles. The average molecular weight is 252 g/mol. The zero-order valence-corrected chi connectivity index (χ0v) is 9.61. The van der Waals surface area contributed by atoms with E-state index < -0.39 is 9.93 Å². The van der Waals surface area contributed by atoms with Crippen LogP contribution in [0, 0.1) is 0 Å². The summed E-state index contributed by atoms with van der Waals surface area (Å²) in [6.07, 6.45) is 4.63. The first-order chi connectivity index (χ1) is 7.78. The van der Waals surface area contributed by atoms with Gasteiger partial charge in [0.1, 0.15) is 5.55 Å². The van der Waals surface area contributed by atoms with E-state index in [9.17, 15) is 4.21 Å². The highest BCUT2D eigenvalue weighted by atomic mass is 32.2. The van der Waals surface area contributed by atoms with Crippen molar-refractivity contribution in [3.8, 4) is 10.8 Å². The van der Waals surface area contributed by atoms with Crippen LogP contribution in [0.15, 0.2) is 44.0 Å². The minimum atomic E-state index is -2.90. The van der Waals surface area contributed by atoms with Crippen LogP contribution in [0.25, 0.3) is 10.8 Å². The van der Waals surface area contributed by atoms with Crippen LogP contribution >= 0.6 is 11.3 Å². The van der Waals surface area contributed by atoms with Gasteiger partial charge in [0.05, 0.1) is 6.20 Å². The minimum absolute atomic E-state index is 0.148. The molecule has 81 valence electrons. The van der Waals surface area contributed by atoms with Crippen molar-refractivity contribution < 1.29 is 8.63 Å². The molecule has 0 N–H and O–H groups in total. The topological polar surface area (TPSA) is 68.3 Å². The normalized spacial score (nSPS) is 19.0. The molecule has 0 fully saturated rings.